The van der Waals surface area contributed by atoms with Crippen LogP contribution in [-0.2, 0) is 16.0 Å². The smallest absolute Gasteiger partial charge is 0.326 e. The summed E-state index contributed by atoms with van der Waals surface area (Å²) in [5.41, 5.74) is 3.84. The second kappa shape index (κ2) is 12.0. The van der Waals surface area contributed by atoms with Crippen LogP contribution in [0.25, 0.3) is 11.1 Å². The number of hydrogen-bond donors (Lipinski definition) is 2. The zero-order chi connectivity index (χ0) is 26.2. The van der Waals surface area contributed by atoms with Gasteiger partial charge in [-0.15, -0.1) is 0 Å². The highest BCUT2D eigenvalue weighted by Gasteiger charge is 2.30. The molecule has 0 heterocycles. The molecule has 0 fully saturated rings. The van der Waals surface area contributed by atoms with E-state index < -0.39 is 12.0 Å². The molecule has 0 spiro atoms. The van der Waals surface area contributed by atoms with Crippen LogP contribution >= 0.6 is 0 Å². The van der Waals surface area contributed by atoms with Crippen molar-refractivity contribution in [2.45, 2.75) is 33.2 Å². The Labute approximate surface area is 211 Å². The van der Waals surface area contributed by atoms with Gasteiger partial charge in [-0.1, -0.05) is 50.2 Å². The van der Waals surface area contributed by atoms with Crippen molar-refractivity contribution in [1.82, 2.24) is 4.90 Å². The molecule has 0 aromatic heterocycles. The summed E-state index contributed by atoms with van der Waals surface area (Å²) in [5, 5.41) is 12.4. The zero-order valence-electron chi connectivity index (χ0n) is 21.0. The van der Waals surface area contributed by atoms with Gasteiger partial charge >= 0.3 is 5.97 Å². The van der Waals surface area contributed by atoms with Gasteiger partial charge in [0.05, 0.1) is 13.0 Å². The average Bonchev–Trinajstić information content (AvgIpc) is 2.85. The molecule has 1 atom stereocenters. The summed E-state index contributed by atoms with van der Waals surface area (Å²) in [6.45, 7) is 6.07. The molecule has 0 aliphatic rings. The number of benzene rings is 3. The minimum Gasteiger partial charge on any atom is -0.494 e. The number of aliphatic carboxylic acids is 1. The highest BCUT2D eigenvalue weighted by Crippen LogP contribution is 2.23. The van der Waals surface area contributed by atoms with Gasteiger partial charge in [-0.2, -0.15) is 0 Å². The molecule has 0 aliphatic carbocycles. The van der Waals surface area contributed by atoms with Crippen molar-refractivity contribution in [1.29, 1.82) is 0 Å². The Morgan fingerprint density at radius 2 is 1.44 bits per heavy atom. The Hall–Kier alpha value is -4.13. The molecule has 0 bridgehead atoms. The molecule has 3 aromatic carbocycles. The predicted molar refractivity (Wildman–Crippen MR) is 140 cm³/mol. The lowest BCUT2D eigenvalue weighted by atomic mass is 10.0. The maximum Gasteiger partial charge on any atom is 0.326 e. The summed E-state index contributed by atoms with van der Waals surface area (Å²) in [6.07, 6.45) is 0.262. The fourth-order valence-electron chi connectivity index (χ4n) is 4.04. The van der Waals surface area contributed by atoms with Gasteiger partial charge in [0.25, 0.3) is 5.91 Å². The standard InChI is InChI=1S/C29H32N2O5/c1-5-36-25-16-6-20(7-17-25)18-26(32)30-24-14-12-22(13-15-24)21-8-10-23(11-9-21)28(33)31(4)27(19(2)3)29(34)35/h6-17,19,27H,5,18H2,1-4H3,(H,30,32)(H,34,35)/t27-/m0/s1. The maximum atomic E-state index is 12.8. The first-order valence-electron chi connectivity index (χ1n) is 11.9. The van der Waals surface area contributed by atoms with Gasteiger partial charge in [0.15, 0.2) is 0 Å². The van der Waals surface area contributed by atoms with Crippen LogP contribution in [0, 0.1) is 5.92 Å². The number of nitrogens with one attached hydrogen (secondary N) is 1. The maximum absolute atomic E-state index is 12.8. The van der Waals surface area contributed by atoms with E-state index in [2.05, 4.69) is 5.32 Å². The summed E-state index contributed by atoms with van der Waals surface area (Å²) in [5.74, 6) is -0.908. The van der Waals surface area contributed by atoms with E-state index in [0.29, 0.717) is 17.9 Å². The van der Waals surface area contributed by atoms with E-state index in [0.717, 1.165) is 22.4 Å². The van der Waals surface area contributed by atoms with Gasteiger partial charge in [-0.05, 0) is 65.9 Å². The van der Waals surface area contributed by atoms with Gasteiger partial charge < -0.3 is 20.1 Å². The minimum absolute atomic E-state index is 0.111. The van der Waals surface area contributed by atoms with Crippen molar-refractivity contribution in [3.63, 3.8) is 0 Å². The van der Waals surface area contributed by atoms with E-state index in [1.165, 1.54) is 11.9 Å². The highest BCUT2D eigenvalue weighted by molar-refractivity contribution is 5.97. The number of likely N-dealkylation sites (N-methyl/N-ethyl adjacent to an activating group) is 1. The summed E-state index contributed by atoms with van der Waals surface area (Å²) >= 11 is 0. The Bertz CT molecular complexity index is 1190. The van der Waals surface area contributed by atoms with Gasteiger partial charge in [0.2, 0.25) is 5.91 Å². The molecule has 36 heavy (non-hydrogen) atoms. The van der Waals surface area contributed by atoms with Crippen molar-refractivity contribution in [2.24, 2.45) is 5.92 Å². The Balaban J connectivity index is 1.61. The van der Waals surface area contributed by atoms with Crippen molar-refractivity contribution in [3.8, 4) is 16.9 Å². The van der Waals surface area contributed by atoms with E-state index in [4.69, 9.17) is 4.74 Å². The lowest BCUT2D eigenvalue weighted by molar-refractivity contribution is -0.143. The number of rotatable bonds is 10. The SMILES string of the molecule is CCOc1ccc(CC(=O)Nc2ccc(-c3ccc(C(=O)N(C)[C@H](C(=O)O)C(C)C)cc3)cc2)cc1. The minimum atomic E-state index is -1.02. The number of carbonyl (C=O) groups excluding carboxylic acids is 2. The molecule has 0 saturated carbocycles. The highest BCUT2D eigenvalue weighted by atomic mass is 16.5. The van der Waals surface area contributed by atoms with Gasteiger partial charge in [-0.3, -0.25) is 9.59 Å². The summed E-state index contributed by atoms with van der Waals surface area (Å²) in [4.78, 5) is 38.0. The van der Waals surface area contributed by atoms with Crippen LogP contribution in [0.1, 0.15) is 36.7 Å². The molecule has 3 aromatic rings. The number of anilines is 1. The van der Waals surface area contributed by atoms with Crippen LogP contribution in [0.4, 0.5) is 5.69 Å². The molecule has 0 unspecified atom stereocenters. The lowest BCUT2D eigenvalue weighted by Crippen LogP contribution is -2.45. The lowest BCUT2D eigenvalue weighted by Gasteiger charge is -2.27. The predicted octanol–water partition coefficient (Wildman–Crippen LogP) is 5.11. The number of hydrogen-bond acceptors (Lipinski definition) is 4. The fraction of sp³-hybridized carbons (Fsp3) is 0.276. The molecule has 188 valence electrons. The molecular weight excluding hydrogens is 456 g/mol. The number of ether oxygens (including phenoxy) is 1. The van der Waals surface area contributed by atoms with Crippen molar-refractivity contribution in [3.05, 3.63) is 83.9 Å². The van der Waals surface area contributed by atoms with Crippen LogP contribution in [0.15, 0.2) is 72.8 Å². The molecule has 2 amide bonds. The Morgan fingerprint density at radius 1 is 0.889 bits per heavy atom. The van der Waals surface area contributed by atoms with Crippen molar-refractivity contribution < 1.29 is 24.2 Å². The first kappa shape index (κ1) is 26.5. The topological polar surface area (TPSA) is 95.9 Å². The van der Waals surface area contributed by atoms with E-state index in [1.54, 1.807) is 26.0 Å². The van der Waals surface area contributed by atoms with E-state index in [1.807, 2.05) is 67.6 Å². The summed E-state index contributed by atoms with van der Waals surface area (Å²) < 4.78 is 5.42. The molecule has 0 radical (unpaired) electrons. The number of carboxylic acid groups (broad SMARTS) is 1. The van der Waals surface area contributed by atoms with Crippen LogP contribution in [0.2, 0.25) is 0 Å². The number of carboxylic acids is 1. The fourth-order valence-corrected chi connectivity index (χ4v) is 4.04. The average molecular weight is 489 g/mol. The third-order valence-corrected chi connectivity index (χ3v) is 5.85. The molecule has 3 rings (SSSR count). The third-order valence-electron chi connectivity index (χ3n) is 5.85. The quantitative estimate of drug-likeness (QED) is 0.413. The van der Waals surface area contributed by atoms with E-state index >= 15 is 0 Å². The van der Waals surface area contributed by atoms with Gasteiger partial charge in [-0.25, -0.2) is 4.79 Å². The van der Waals surface area contributed by atoms with Crippen LogP contribution in [0.3, 0.4) is 0 Å². The summed E-state index contributed by atoms with van der Waals surface area (Å²) in [6, 6.07) is 21.1. The Morgan fingerprint density at radius 3 is 1.94 bits per heavy atom. The molecule has 2 N–H and O–H groups in total. The number of amides is 2. The first-order valence-corrected chi connectivity index (χ1v) is 11.9. The van der Waals surface area contributed by atoms with E-state index in [9.17, 15) is 19.5 Å². The van der Waals surface area contributed by atoms with Crippen LogP contribution in [0.5, 0.6) is 5.75 Å². The largest absolute Gasteiger partial charge is 0.494 e. The monoisotopic (exact) mass is 488 g/mol. The Kier molecular flexibility index (Phi) is 8.84. The second-order valence-corrected chi connectivity index (χ2v) is 8.90. The van der Waals surface area contributed by atoms with Gasteiger partial charge in [0.1, 0.15) is 11.8 Å². The molecule has 7 heteroatoms. The first-order chi connectivity index (χ1) is 17.2. The summed E-state index contributed by atoms with van der Waals surface area (Å²) in [7, 11) is 1.51. The zero-order valence-corrected chi connectivity index (χ0v) is 21.0. The number of nitrogens with zero attached hydrogens (tertiary/aromatic N) is 1. The normalized spacial score (nSPS) is 11.6. The van der Waals surface area contributed by atoms with Gasteiger partial charge in [0, 0.05) is 18.3 Å². The van der Waals surface area contributed by atoms with Crippen molar-refractivity contribution in [2.75, 3.05) is 19.0 Å². The van der Waals surface area contributed by atoms with Crippen LogP contribution < -0.4 is 10.1 Å². The number of carbonyl (C=O) groups is 3. The third kappa shape index (κ3) is 6.72. The molecule has 7 nitrogen and oxygen atoms in total. The molecule has 0 aliphatic heterocycles. The van der Waals surface area contributed by atoms with Crippen LogP contribution in [-0.4, -0.2) is 47.5 Å². The molecule has 0 saturated heterocycles. The van der Waals surface area contributed by atoms with Crippen molar-refractivity contribution >= 4 is 23.5 Å². The molecular formula is C29H32N2O5. The van der Waals surface area contributed by atoms with E-state index in [-0.39, 0.29) is 24.2 Å². The second-order valence-electron chi connectivity index (χ2n) is 8.90.